The molecule has 0 radical (unpaired) electrons. The summed E-state index contributed by atoms with van der Waals surface area (Å²) in [6, 6.07) is 1.43. The molecule has 1 heterocycles. The van der Waals surface area contributed by atoms with Crippen molar-refractivity contribution in [3.63, 3.8) is 0 Å². The minimum absolute atomic E-state index is 0.671. The Kier molecular flexibility index (Phi) is 6.66. The van der Waals surface area contributed by atoms with Gasteiger partial charge in [0.15, 0.2) is 0 Å². The normalized spacial score (nSPS) is 34.7. The van der Waals surface area contributed by atoms with Crippen LogP contribution in [0.4, 0.5) is 0 Å². The maximum absolute atomic E-state index is 3.81. The molecule has 2 rings (SSSR count). The highest BCUT2D eigenvalue weighted by molar-refractivity contribution is 4.79. The summed E-state index contributed by atoms with van der Waals surface area (Å²) in [5.41, 5.74) is 0. The number of nitrogens with one attached hydrogen (secondary N) is 2. The molecule has 4 unspecified atom stereocenters. The van der Waals surface area contributed by atoms with Gasteiger partial charge in [-0.1, -0.05) is 39.0 Å². The van der Waals surface area contributed by atoms with Crippen LogP contribution in [0.15, 0.2) is 0 Å². The Bertz CT molecular complexity index is 233. The minimum atomic E-state index is 0.671. The van der Waals surface area contributed by atoms with Gasteiger partial charge in [0, 0.05) is 12.1 Å². The molecule has 0 aromatic heterocycles. The van der Waals surface area contributed by atoms with E-state index < -0.39 is 0 Å². The molecule has 0 aromatic carbocycles. The van der Waals surface area contributed by atoms with Gasteiger partial charge in [-0.05, 0) is 57.5 Å². The number of hydrogen-bond donors (Lipinski definition) is 2. The lowest BCUT2D eigenvalue weighted by molar-refractivity contribution is 0.238. The molecule has 1 saturated carbocycles. The van der Waals surface area contributed by atoms with Crippen molar-refractivity contribution in [2.75, 3.05) is 13.1 Å². The lowest BCUT2D eigenvalue weighted by Gasteiger charge is -2.30. The van der Waals surface area contributed by atoms with Crippen LogP contribution in [0.2, 0.25) is 0 Å². The first-order valence-electron chi connectivity index (χ1n) is 8.72. The zero-order valence-corrected chi connectivity index (χ0v) is 13.1. The van der Waals surface area contributed by atoms with E-state index in [1.165, 1.54) is 70.9 Å². The molecule has 0 spiro atoms. The van der Waals surface area contributed by atoms with Gasteiger partial charge in [-0.3, -0.25) is 0 Å². The van der Waals surface area contributed by atoms with Crippen LogP contribution in [0.5, 0.6) is 0 Å². The van der Waals surface area contributed by atoms with Gasteiger partial charge in [0.25, 0.3) is 0 Å². The maximum Gasteiger partial charge on any atom is 0.00817 e. The number of hydrogen-bond acceptors (Lipinski definition) is 2. The molecule has 2 N–H and O–H groups in total. The van der Waals surface area contributed by atoms with E-state index in [4.69, 9.17) is 0 Å². The van der Waals surface area contributed by atoms with Crippen LogP contribution < -0.4 is 10.6 Å². The van der Waals surface area contributed by atoms with Crippen molar-refractivity contribution in [3.8, 4) is 0 Å². The van der Waals surface area contributed by atoms with Crippen molar-refractivity contribution >= 4 is 0 Å². The van der Waals surface area contributed by atoms with E-state index in [9.17, 15) is 0 Å². The second-order valence-electron chi connectivity index (χ2n) is 7.07. The second kappa shape index (κ2) is 8.26. The van der Waals surface area contributed by atoms with E-state index in [1.807, 2.05) is 0 Å². The summed E-state index contributed by atoms with van der Waals surface area (Å²) in [4.78, 5) is 0. The largest absolute Gasteiger partial charge is 0.314 e. The Labute approximate surface area is 120 Å². The Morgan fingerprint density at radius 3 is 2.68 bits per heavy atom. The summed E-state index contributed by atoms with van der Waals surface area (Å²) in [7, 11) is 0. The van der Waals surface area contributed by atoms with Gasteiger partial charge in [0.1, 0.15) is 0 Å². The highest BCUT2D eigenvalue weighted by atomic mass is 15.0. The fourth-order valence-electron chi connectivity index (χ4n) is 3.86. The predicted molar refractivity (Wildman–Crippen MR) is 83.5 cm³/mol. The molecule has 1 saturated heterocycles. The smallest absolute Gasteiger partial charge is 0.00817 e. The van der Waals surface area contributed by atoms with E-state index in [1.54, 1.807) is 0 Å². The third-order valence-corrected chi connectivity index (χ3v) is 5.32. The Balaban J connectivity index is 1.64. The first-order chi connectivity index (χ1) is 9.25. The van der Waals surface area contributed by atoms with Crippen molar-refractivity contribution in [1.82, 2.24) is 10.6 Å². The molecule has 2 aliphatic rings. The average Bonchev–Trinajstić information content (AvgIpc) is 2.66. The van der Waals surface area contributed by atoms with Gasteiger partial charge in [0.05, 0.1) is 0 Å². The zero-order valence-electron chi connectivity index (χ0n) is 13.1. The summed E-state index contributed by atoms with van der Waals surface area (Å²) in [6.45, 7) is 7.30. The van der Waals surface area contributed by atoms with Crippen LogP contribution in [0, 0.1) is 11.8 Å². The molecule has 0 amide bonds. The molecule has 2 fully saturated rings. The van der Waals surface area contributed by atoms with Crippen molar-refractivity contribution < 1.29 is 0 Å². The molecular weight excluding hydrogens is 232 g/mol. The van der Waals surface area contributed by atoms with Gasteiger partial charge >= 0.3 is 0 Å². The summed E-state index contributed by atoms with van der Waals surface area (Å²) in [5, 5.41) is 7.53. The highest BCUT2D eigenvalue weighted by Crippen LogP contribution is 2.29. The molecule has 4 atom stereocenters. The van der Waals surface area contributed by atoms with E-state index in [0.29, 0.717) is 6.04 Å². The third-order valence-electron chi connectivity index (χ3n) is 5.32. The highest BCUT2D eigenvalue weighted by Gasteiger charge is 2.22. The topological polar surface area (TPSA) is 24.1 Å². The Morgan fingerprint density at radius 2 is 1.84 bits per heavy atom. The van der Waals surface area contributed by atoms with Crippen LogP contribution in [0.1, 0.15) is 71.6 Å². The lowest BCUT2D eigenvalue weighted by atomic mass is 9.80. The van der Waals surface area contributed by atoms with E-state index in [-0.39, 0.29) is 0 Å². The molecule has 0 bridgehead atoms. The summed E-state index contributed by atoms with van der Waals surface area (Å²) in [6.07, 6.45) is 12.7. The monoisotopic (exact) mass is 266 g/mol. The van der Waals surface area contributed by atoms with Crippen LogP contribution in [0.25, 0.3) is 0 Å². The SMILES string of the molecule is CC(CC1CCCCCN1)NCC1CCCCC1C. The van der Waals surface area contributed by atoms with E-state index >= 15 is 0 Å². The molecule has 1 aliphatic heterocycles. The van der Waals surface area contributed by atoms with Gasteiger partial charge < -0.3 is 10.6 Å². The van der Waals surface area contributed by atoms with E-state index in [0.717, 1.165) is 17.9 Å². The van der Waals surface area contributed by atoms with Gasteiger partial charge in [0.2, 0.25) is 0 Å². The number of rotatable bonds is 5. The van der Waals surface area contributed by atoms with Crippen LogP contribution in [0.3, 0.4) is 0 Å². The van der Waals surface area contributed by atoms with Crippen molar-refractivity contribution in [3.05, 3.63) is 0 Å². The van der Waals surface area contributed by atoms with Gasteiger partial charge in [-0.15, -0.1) is 0 Å². The fraction of sp³-hybridized carbons (Fsp3) is 1.00. The summed E-state index contributed by atoms with van der Waals surface area (Å²) < 4.78 is 0. The van der Waals surface area contributed by atoms with Crippen LogP contribution in [-0.2, 0) is 0 Å². The molecule has 112 valence electrons. The van der Waals surface area contributed by atoms with Crippen LogP contribution in [-0.4, -0.2) is 25.2 Å². The predicted octanol–water partition coefficient (Wildman–Crippen LogP) is 3.71. The molecule has 19 heavy (non-hydrogen) atoms. The lowest BCUT2D eigenvalue weighted by Crippen LogP contribution is -2.39. The van der Waals surface area contributed by atoms with Gasteiger partial charge in [-0.25, -0.2) is 0 Å². The minimum Gasteiger partial charge on any atom is -0.314 e. The molecule has 2 heteroatoms. The summed E-state index contributed by atoms with van der Waals surface area (Å²) in [5.74, 6) is 1.86. The standard InChI is InChI=1S/C17H34N2/c1-14-8-5-6-9-16(14)13-19-15(2)12-17-10-4-3-7-11-18-17/h14-19H,3-13H2,1-2H3. The van der Waals surface area contributed by atoms with E-state index in [2.05, 4.69) is 24.5 Å². The van der Waals surface area contributed by atoms with Crippen molar-refractivity contribution in [2.45, 2.75) is 83.7 Å². The Hall–Kier alpha value is -0.0800. The maximum atomic E-state index is 3.81. The molecule has 1 aliphatic carbocycles. The Morgan fingerprint density at radius 1 is 1.05 bits per heavy atom. The van der Waals surface area contributed by atoms with Crippen LogP contribution >= 0.6 is 0 Å². The second-order valence-corrected chi connectivity index (χ2v) is 7.07. The first kappa shape index (κ1) is 15.3. The zero-order chi connectivity index (χ0) is 13.5. The van der Waals surface area contributed by atoms with Crippen molar-refractivity contribution in [1.29, 1.82) is 0 Å². The molecular formula is C17H34N2. The quantitative estimate of drug-likeness (QED) is 0.792. The third kappa shape index (κ3) is 5.43. The van der Waals surface area contributed by atoms with Gasteiger partial charge in [-0.2, -0.15) is 0 Å². The molecule has 2 nitrogen and oxygen atoms in total. The fourth-order valence-corrected chi connectivity index (χ4v) is 3.86. The molecule has 0 aromatic rings. The summed E-state index contributed by atoms with van der Waals surface area (Å²) >= 11 is 0. The van der Waals surface area contributed by atoms with Crippen molar-refractivity contribution in [2.24, 2.45) is 11.8 Å². The first-order valence-corrected chi connectivity index (χ1v) is 8.72. The average molecular weight is 266 g/mol.